The second-order valence-electron chi connectivity index (χ2n) is 4.62. The first-order chi connectivity index (χ1) is 10.2. The van der Waals surface area contributed by atoms with Gasteiger partial charge >= 0.3 is 0 Å². The van der Waals surface area contributed by atoms with Gasteiger partial charge in [-0.25, -0.2) is 15.0 Å². The minimum Gasteiger partial charge on any atom is -0.436 e. The van der Waals surface area contributed by atoms with Gasteiger partial charge in [-0.2, -0.15) is 0 Å². The van der Waals surface area contributed by atoms with Gasteiger partial charge in [0.2, 0.25) is 5.95 Å². The molecule has 0 amide bonds. The molecule has 21 heavy (non-hydrogen) atoms. The number of aryl methyl sites for hydroxylation is 2. The van der Waals surface area contributed by atoms with Gasteiger partial charge in [-0.05, 0) is 38.6 Å². The molecule has 0 spiro atoms. The minimum absolute atomic E-state index is 0.608. The Hall–Kier alpha value is -2.08. The van der Waals surface area contributed by atoms with Gasteiger partial charge in [0.25, 0.3) is 5.22 Å². The number of hydrogen-bond donors (Lipinski definition) is 1. The van der Waals surface area contributed by atoms with E-state index in [2.05, 4.69) is 20.3 Å². The largest absolute Gasteiger partial charge is 0.436 e. The van der Waals surface area contributed by atoms with Crippen molar-refractivity contribution in [3.63, 3.8) is 0 Å². The summed E-state index contributed by atoms with van der Waals surface area (Å²) in [5.41, 5.74) is 1.81. The predicted octanol–water partition coefficient (Wildman–Crippen LogP) is 3.82. The fourth-order valence-electron chi connectivity index (χ4n) is 1.93. The molecule has 5 nitrogen and oxygen atoms in total. The molecule has 3 rings (SSSR count). The lowest BCUT2D eigenvalue weighted by Crippen LogP contribution is -2.03. The Balaban J connectivity index is 2.06. The molecule has 0 unspecified atom stereocenters. The van der Waals surface area contributed by atoms with Crippen molar-refractivity contribution in [1.29, 1.82) is 0 Å². The topological polar surface area (TPSA) is 63.8 Å². The van der Waals surface area contributed by atoms with E-state index in [1.807, 2.05) is 45.0 Å². The van der Waals surface area contributed by atoms with Crippen molar-refractivity contribution < 1.29 is 4.42 Å². The zero-order chi connectivity index (χ0) is 14.8. The third-order valence-corrected chi connectivity index (χ3v) is 3.95. The minimum atomic E-state index is 0.608. The summed E-state index contributed by atoms with van der Waals surface area (Å²) in [4.78, 5) is 13.5. The van der Waals surface area contributed by atoms with Crippen LogP contribution in [0.25, 0.3) is 10.9 Å². The average Bonchev–Trinajstić information content (AvgIpc) is 2.78. The monoisotopic (exact) mass is 300 g/mol. The summed E-state index contributed by atoms with van der Waals surface area (Å²) < 4.78 is 5.64. The highest BCUT2D eigenvalue weighted by Crippen LogP contribution is 2.32. The number of nitrogens with zero attached hydrogens (tertiary/aromatic N) is 3. The van der Waals surface area contributed by atoms with Crippen molar-refractivity contribution in [3.8, 4) is 0 Å². The first-order valence-electron chi connectivity index (χ1n) is 6.80. The normalized spacial score (nSPS) is 11.0. The summed E-state index contributed by atoms with van der Waals surface area (Å²) in [6.45, 7) is 6.64. The molecule has 108 valence electrons. The number of anilines is 1. The van der Waals surface area contributed by atoms with Crippen molar-refractivity contribution in [2.75, 3.05) is 11.9 Å². The third-order valence-electron chi connectivity index (χ3n) is 3.10. The highest BCUT2D eigenvalue weighted by Gasteiger charge is 2.13. The maximum atomic E-state index is 5.64. The van der Waals surface area contributed by atoms with Crippen LogP contribution in [0, 0.1) is 13.8 Å². The molecular weight excluding hydrogens is 284 g/mol. The summed E-state index contributed by atoms with van der Waals surface area (Å²) >= 11 is 1.42. The number of hydrogen-bond acceptors (Lipinski definition) is 6. The molecule has 0 aliphatic heterocycles. The van der Waals surface area contributed by atoms with E-state index in [0.29, 0.717) is 11.2 Å². The molecule has 3 aromatic rings. The van der Waals surface area contributed by atoms with Gasteiger partial charge in [-0.15, -0.1) is 0 Å². The van der Waals surface area contributed by atoms with Crippen LogP contribution in [-0.4, -0.2) is 21.5 Å². The van der Waals surface area contributed by atoms with Gasteiger partial charge in [-0.1, -0.05) is 18.2 Å². The highest BCUT2D eigenvalue weighted by molar-refractivity contribution is 7.99. The van der Waals surface area contributed by atoms with E-state index in [0.717, 1.165) is 33.9 Å². The first kappa shape index (κ1) is 13.9. The van der Waals surface area contributed by atoms with Gasteiger partial charge in [0.05, 0.1) is 11.2 Å². The standard InChI is InChI=1S/C15H16N4OS/c1-4-16-14-18-12-8-6-5-7-11(12)13(19-14)21-15-17-9(2)10(3)20-15/h5-8H,4H2,1-3H3,(H,16,18,19). The number of fused-ring (bicyclic) bond motifs is 1. The summed E-state index contributed by atoms with van der Waals surface area (Å²) in [6.07, 6.45) is 0. The number of oxazole rings is 1. The fourth-order valence-corrected chi connectivity index (χ4v) is 2.86. The van der Waals surface area contributed by atoms with Gasteiger partial charge in [-0.3, -0.25) is 0 Å². The Kier molecular flexibility index (Phi) is 3.79. The van der Waals surface area contributed by atoms with Crippen molar-refractivity contribution in [3.05, 3.63) is 35.7 Å². The summed E-state index contributed by atoms with van der Waals surface area (Å²) in [7, 11) is 0. The number of rotatable bonds is 4. The van der Waals surface area contributed by atoms with Crippen molar-refractivity contribution in [2.24, 2.45) is 0 Å². The van der Waals surface area contributed by atoms with Gasteiger partial charge in [0.15, 0.2) is 0 Å². The van der Waals surface area contributed by atoms with Crippen LogP contribution >= 0.6 is 11.8 Å². The zero-order valence-electron chi connectivity index (χ0n) is 12.2. The van der Waals surface area contributed by atoms with Crippen molar-refractivity contribution >= 4 is 28.6 Å². The number of aromatic nitrogens is 3. The summed E-state index contributed by atoms with van der Waals surface area (Å²) in [5.74, 6) is 1.46. The third kappa shape index (κ3) is 2.85. The van der Waals surface area contributed by atoms with Gasteiger partial charge in [0, 0.05) is 11.9 Å². The molecule has 0 aliphatic carbocycles. The van der Waals surface area contributed by atoms with Crippen LogP contribution < -0.4 is 5.32 Å². The summed E-state index contributed by atoms with van der Waals surface area (Å²) in [6, 6.07) is 7.94. The predicted molar refractivity (Wildman–Crippen MR) is 83.8 cm³/mol. The smallest absolute Gasteiger partial charge is 0.262 e. The molecule has 0 bridgehead atoms. The van der Waals surface area contributed by atoms with E-state index >= 15 is 0 Å². The van der Waals surface area contributed by atoms with Crippen LogP contribution in [-0.2, 0) is 0 Å². The SMILES string of the molecule is CCNc1nc(Sc2nc(C)c(C)o2)c2ccccc2n1. The number of para-hydroxylation sites is 1. The van der Waals surface area contributed by atoms with Crippen LogP contribution in [0.5, 0.6) is 0 Å². The Bertz CT molecular complexity index is 765. The maximum Gasteiger partial charge on any atom is 0.262 e. The highest BCUT2D eigenvalue weighted by atomic mass is 32.2. The first-order valence-corrected chi connectivity index (χ1v) is 7.61. The second-order valence-corrected chi connectivity index (χ2v) is 5.56. The van der Waals surface area contributed by atoms with Crippen molar-refractivity contribution in [1.82, 2.24) is 15.0 Å². The van der Waals surface area contributed by atoms with Crippen LogP contribution in [0.3, 0.4) is 0 Å². The lowest BCUT2D eigenvalue weighted by atomic mass is 10.2. The molecule has 0 aliphatic rings. The Morgan fingerprint density at radius 3 is 2.67 bits per heavy atom. The molecular formula is C15H16N4OS. The molecule has 0 fully saturated rings. The van der Waals surface area contributed by atoms with Gasteiger partial charge in [0.1, 0.15) is 10.8 Å². The molecule has 0 atom stereocenters. The van der Waals surface area contributed by atoms with E-state index in [-0.39, 0.29) is 0 Å². The molecule has 0 radical (unpaired) electrons. The average molecular weight is 300 g/mol. The molecule has 0 saturated carbocycles. The van der Waals surface area contributed by atoms with Crippen LogP contribution in [0.4, 0.5) is 5.95 Å². The number of nitrogens with one attached hydrogen (secondary N) is 1. The van der Waals surface area contributed by atoms with E-state index in [9.17, 15) is 0 Å². The van der Waals surface area contributed by atoms with E-state index in [1.165, 1.54) is 11.8 Å². The van der Waals surface area contributed by atoms with Crippen LogP contribution in [0.15, 0.2) is 38.9 Å². The van der Waals surface area contributed by atoms with E-state index < -0.39 is 0 Å². The van der Waals surface area contributed by atoms with E-state index in [1.54, 1.807) is 0 Å². The maximum absolute atomic E-state index is 5.64. The molecule has 2 heterocycles. The second kappa shape index (κ2) is 5.73. The van der Waals surface area contributed by atoms with Crippen molar-refractivity contribution in [2.45, 2.75) is 31.0 Å². The molecule has 1 N–H and O–H groups in total. The Labute approximate surface area is 127 Å². The van der Waals surface area contributed by atoms with Crippen LogP contribution in [0.2, 0.25) is 0 Å². The zero-order valence-corrected chi connectivity index (χ0v) is 13.0. The fraction of sp³-hybridized carbons (Fsp3) is 0.267. The number of benzene rings is 1. The van der Waals surface area contributed by atoms with E-state index in [4.69, 9.17) is 4.42 Å². The quantitative estimate of drug-likeness (QED) is 0.739. The Morgan fingerprint density at radius 2 is 1.95 bits per heavy atom. The molecule has 0 saturated heterocycles. The lowest BCUT2D eigenvalue weighted by Gasteiger charge is -2.07. The van der Waals surface area contributed by atoms with Crippen LogP contribution in [0.1, 0.15) is 18.4 Å². The van der Waals surface area contributed by atoms with Gasteiger partial charge < -0.3 is 9.73 Å². The molecule has 1 aromatic carbocycles. The molecule has 2 aromatic heterocycles. The lowest BCUT2D eigenvalue weighted by molar-refractivity contribution is 0.431. The summed E-state index contributed by atoms with van der Waals surface area (Å²) in [5, 5.41) is 5.61. The molecule has 6 heteroatoms. The Morgan fingerprint density at radius 1 is 1.14 bits per heavy atom.